The SMILES string of the molecule is CCCCC(=O)CCCCCCCCC(=O)OCC. The van der Waals surface area contributed by atoms with Crippen molar-refractivity contribution in [2.24, 2.45) is 0 Å². The molecule has 0 rings (SSSR count). The van der Waals surface area contributed by atoms with Gasteiger partial charge >= 0.3 is 5.97 Å². The molecule has 0 saturated heterocycles. The summed E-state index contributed by atoms with van der Waals surface area (Å²) in [5.74, 6) is 0.341. The van der Waals surface area contributed by atoms with Crippen LogP contribution >= 0.6 is 0 Å². The van der Waals surface area contributed by atoms with Crippen LogP contribution in [0.25, 0.3) is 0 Å². The first-order valence-corrected chi connectivity index (χ1v) is 7.88. The lowest BCUT2D eigenvalue weighted by Gasteiger charge is -2.03. The van der Waals surface area contributed by atoms with E-state index in [0.29, 0.717) is 18.8 Å². The molecule has 19 heavy (non-hydrogen) atoms. The van der Waals surface area contributed by atoms with Crippen LogP contribution < -0.4 is 0 Å². The number of hydrogen-bond acceptors (Lipinski definition) is 3. The zero-order valence-corrected chi connectivity index (χ0v) is 12.7. The minimum atomic E-state index is -0.0796. The van der Waals surface area contributed by atoms with Crippen LogP contribution in [0.1, 0.15) is 84.5 Å². The standard InChI is InChI=1S/C16H30O3/c1-3-5-12-15(17)13-10-8-6-7-9-11-14-16(18)19-4-2/h3-14H2,1-2H3. The summed E-state index contributed by atoms with van der Waals surface area (Å²) in [6, 6.07) is 0. The van der Waals surface area contributed by atoms with Crippen molar-refractivity contribution in [1.82, 2.24) is 0 Å². The van der Waals surface area contributed by atoms with E-state index in [9.17, 15) is 9.59 Å². The van der Waals surface area contributed by atoms with Crippen LogP contribution in [0.5, 0.6) is 0 Å². The monoisotopic (exact) mass is 270 g/mol. The second-order valence-corrected chi connectivity index (χ2v) is 5.07. The molecule has 3 nitrogen and oxygen atoms in total. The normalized spacial score (nSPS) is 10.4. The molecule has 0 unspecified atom stereocenters. The summed E-state index contributed by atoms with van der Waals surface area (Å²) >= 11 is 0. The van der Waals surface area contributed by atoms with E-state index < -0.39 is 0 Å². The lowest BCUT2D eigenvalue weighted by Crippen LogP contribution is -2.03. The summed E-state index contributed by atoms with van der Waals surface area (Å²) in [6.07, 6.45) is 10.7. The number of ketones is 1. The first-order valence-electron chi connectivity index (χ1n) is 7.88. The molecular formula is C16H30O3. The van der Waals surface area contributed by atoms with Crippen LogP contribution in [0.2, 0.25) is 0 Å². The summed E-state index contributed by atoms with van der Waals surface area (Å²) in [5, 5.41) is 0. The molecule has 112 valence electrons. The van der Waals surface area contributed by atoms with Crippen molar-refractivity contribution >= 4 is 11.8 Å². The fourth-order valence-corrected chi connectivity index (χ4v) is 2.03. The largest absolute Gasteiger partial charge is 0.466 e. The molecule has 0 aliphatic carbocycles. The van der Waals surface area contributed by atoms with Crippen LogP contribution in [0.3, 0.4) is 0 Å². The highest BCUT2D eigenvalue weighted by Crippen LogP contribution is 2.10. The van der Waals surface area contributed by atoms with Gasteiger partial charge in [-0.05, 0) is 26.2 Å². The number of rotatable bonds is 13. The van der Waals surface area contributed by atoms with E-state index in [2.05, 4.69) is 6.92 Å². The van der Waals surface area contributed by atoms with Crippen molar-refractivity contribution in [3.8, 4) is 0 Å². The van der Waals surface area contributed by atoms with E-state index >= 15 is 0 Å². The summed E-state index contributed by atoms with van der Waals surface area (Å²) in [7, 11) is 0. The molecule has 0 atom stereocenters. The predicted molar refractivity (Wildman–Crippen MR) is 78.1 cm³/mol. The van der Waals surface area contributed by atoms with Crippen LogP contribution in [-0.4, -0.2) is 18.4 Å². The van der Waals surface area contributed by atoms with Gasteiger partial charge in [-0.3, -0.25) is 9.59 Å². The number of Topliss-reactive ketones (excluding diaryl/α,β-unsaturated/α-hetero) is 1. The Balaban J connectivity index is 3.18. The molecule has 0 N–H and O–H groups in total. The number of carbonyl (C=O) groups is 2. The first-order chi connectivity index (χ1) is 9.20. The van der Waals surface area contributed by atoms with Crippen molar-refractivity contribution < 1.29 is 14.3 Å². The Kier molecular flexibility index (Phi) is 13.0. The van der Waals surface area contributed by atoms with E-state index in [-0.39, 0.29) is 5.97 Å². The number of esters is 1. The van der Waals surface area contributed by atoms with Gasteiger partial charge in [0.15, 0.2) is 0 Å². The molecule has 0 amide bonds. The lowest BCUT2D eigenvalue weighted by molar-refractivity contribution is -0.143. The predicted octanol–water partition coefficient (Wildman–Crippen LogP) is 4.43. The number of hydrogen-bond donors (Lipinski definition) is 0. The topological polar surface area (TPSA) is 43.4 Å². The fraction of sp³-hybridized carbons (Fsp3) is 0.875. The lowest BCUT2D eigenvalue weighted by atomic mass is 10.0. The van der Waals surface area contributed by atoms with Crippen molar-refractivity contribution in [1.29, 1.82) is 0 Å². The van der Waals surface area contributed by atoms with Crippen LogP contribution in [0.15, 0.2) is 0 Å². The van der Waals surface area contributed by atoms with E-state index in [1.54, 1.807) is 0 Å². The maximum atomic E-state index is 11.4. The van der Waals surface area contributed by atoms with Crippen LogP contribution in [-0.2, 0) is 14.3 Å². The van der Waals surface area contributed by atoms with E-state index in [1.807, 2.05) is 6.92 Å². The minimum absolute atomic E-state index is 0.0796. The second kappa shape index (κ2) is 13.6. The maximum absolute atomic E-state index is 11.4. The molecule has 0 spiro atoms. The van der Waals surface area contributed by atoms with Crippen molar-refractivity contribution in [2.75, 3.05) is 6.61 Å². The summed E-state index contributed by atoms with van der Waals surface area (Å²) in [6.45, 7) is 4.42. The van der Waals surface area contributed by atoms with E-state index in [1.165, 1.54) is 6.42 Å². The Bertz CT molecular complexity index is 236. The smallest absolute Gasteiger partial charge is 0.305 e. The summed E-state index contributed by atoms with van der Waals surface area (Å²) in [5.41, 5.74) is 0. The van der Waals surface area contributed by atoms with Gasteiger partial charge in [0.25, 0.3) is 0 Å². The van der Waals surface area contributed by atoms with Crippen molar-refractivity contribution in [3.05, 3.63) is 0 Å². The van der Waals surface area contributed by atoms with Gasteiger partial charge in [0.1, 0.15) is 5.78 Å². The zero-order valence-electron chi connectivity index (χ0n) is 12.7. The molecule has 0 radical (unpaired) electrons. The zero-order chi connectivity index (χ0) is 14.3. The quantitative estimate of drug-likeness (QED) is 0.367. The van der Waals surface area contributed by atoms with Gasteiger partial charge in [-0.1, -0.05) is 39.0 Å². The summed E-state index contributed by atoms with van der Waals surface area (Å²) < 4.78 is 4.87. The molecule has 0 aromatic rings. The molecule has 0 fully saturated rings. The first kappa shape index (κ1) is 18.1. The molecule has 0 aliphatic rings. The molecule has 0 aromatic heterocycles. The third-order valence-electron chi connectivity index (χ3n) is 3.20. The highest BCUT2D eigenvalue weighted by atomic mass is 16.5. The van der Waals surface area contributed by atoms with Gasteiger partial charge in [-0.15, -0.1) is 0 Å². The van der Waals surface area contributed by atoms with Crippen LogP contribution in [0, 0.1) is 0 Å². The van der Waals surface area contributed by atoms with Gasteiger partial charge in [0, 0.05) is 19.3 Å². The van der Waals surface area contributed by atoms with E-state index in [0.717, 1.165) is 57.8 Å². The third kappa shape index (κ3) is 13.4. The minimum Gasteiger partial charge on any atom is -0.466 e. The maximum Gasteiger partial charge on any atom is 0.305 e. The molecule has 3 heteroatoms. The second-order valence-electron chi connectivity index (χ2n) is 5.07. The fourth-order valence-electron chi connectivity index (χ4n) is 2.03. The van der Waals surface area contributed by atoms with Gasteiger partial charge in [-0.25, -0.2) is 0 Å². The average molecular weight is 270 g/mol. The van der Waals surface area contributed by atoms with Gasteiger partial charge in [0.05, 0.1) is 6.61 Å². The molecule has 0 aliphatic heterocycles. The number of unbranched alkanes of at least 4 members (excludes halogenated alkanes) is 6. The van der Waals surface area contributed by atoms with Gasteiger partial charge in [-0.2, -0.15) is 0 Å². The number of ether oxygens (including phenoxy) is 1. The van der Waals surface area contributed by atoms with E-state index in [4.69, 9.17) is 4.74 Å². The average Bonchev–Trinajstić information content (AvgIpc) is 2.39. The third-order valence-corrected chi connectivity index (χ3v) is 3.20. The molecule has 0 heterocycles. The molecule has 0 saturated carbocycles. The van der Waals surface area contributed by atoms with Gasteiger partial charge in [0.2, 0.25) is 0 Å². The van der Waals surface area contributed by atoms with Crippen molar-refractivity contribution in [2.45, 2.75) is 84.5 Å². The Morgan fingerprint density at radius 2 is 1.26 bits per heavy atom. The number of carbonyl (C=O) groups excluding carboxylic acids is 2. The Hall–Kier alpha value is -0.860. The Morgan fingerprint density at radius 1 is 0.737 bits per heavy atom. The Labute approximate surface area is 118 Å². The van der Waals surface area contributed by atoms with Crippen LogP contribution in [0.4, 0.5) is 0 Å². The summed E-state index contributed by atoms with van der Waals surface area (Å²) in [4.78, 5) is 22.5. The Morgan fingerprint density at radius 3 is 1.84 bits per heavy atom. The molecule has 0 bridgehead atoms. The van der Waals surface area contributed by atoms with Gasteiger partial charge < -0.3 is 4.74 Å². The molecular weight excluding hydrogens is 240 g/mol. The van der Waals surface area contributed by atoms with Crippen molar-refractivity contribution in [3.63, 3.8) is 0 Å². The highest BCUT2D eigenvalue weighted by molar-refractivity contribution is 5.78. The highest BCUT2D eigenvalue weighted by Gasteiger charge is 2.02. The molecule has 0 aromatic carbocycles.